The lowest BCUT2D eigenvalue weighted by Gasteiger charge is -2.16. The Hall–Kier alpha value is -1.16. The van der Waals surface area contributed by atoms with Crippen LogP contribution in [0.2, 0.25) is 0 Å². The minimum atomic E-state index is 0.582. The molecule has 1 aliphatic heterocycles. The molecule has 1 fully saturated rings. The van der Waals surface area contributed by atoms with Crippen LogP contribution in [0.4, 0.5) is 0 Å². The van der Waals surface area contributed by atoms with Crippen LogP contribution in [0.3, 0.4) is 0 Å². The van der Waals surface area contributed by atoms with Crippen molar-refractivity contribution in [1.29, 1.82) is 0 Å². The van der Waals surface area contributed by atoms with E-state index >= 15 is 0 Å². The molecule has 1 aliphatic rings. The second kappa shape index (κ2) is 6.08. The molecule has 1 aromatic carbocycles. The number of rotatable bonds is 4. The maximum absolute atomic E-state index is 6.00. The van der Waals surface area contributed by atoms with E-state index in [1.54, 1.807) is 0 Å². The number of benzene rings is 1. The Bertz CT molecular complexity index is 549. The third-order valence-corrected chi connectivity index (χ3v) is 5.21. The number of nitrogens with zero attached hydrogens (tertiary/aromatic N) is 1. The van der Waals surface area contributed by atoms with Gasteiger partial charge < -0.3 is 5.73 Å². The van der Waals surface area contributed by atoms with E-state index < -0.39 is 0 Å². The first-order valence-corrected chi connectivity index (χ1v) is 8.10. The third-order valence-electron chi connectivity index (χ3n) is 4.22. The summed E-state index contributed by atoms with van der Waals surface area (Å²) in [6.45, 7) is 6.27. The molecule has 0 radical (unpaired) electrons. The number of nitrogens with two attached hydrogens (primary N) is 1. The van der Waals surface area contributed by atoms with Gasteiger partial charge in [0.1, 0.15) is 0 Å². The Morgan fingerprint density at radius 1 is 1.15 bits per heavy atom. The van der Waals surface area contributed by atoms with Crippen molar-refractivity contribution in [3.8, 4) is 0 Å². The van der Waals surface area contributed by atoms with Crippen LogP contribution in [0.25, 0.3) is 0 Å². The Balaban J connectivity index is 1.71. The van der Waals surface area contributed by atoms with E-state index in [0.29, 0.717) is 11.8 Å². The van der Waals surface area contributed by atoms with Crippen molar-refractivity contribution >= 4 is 11.3 Å². The van der Waals surface area contributed by atoms with Gasteiger partial charge in [-0.1, -0.05) is 30.3 Å². The Morgan fingerprint density at radius 2 is 1.95 bits per heavy atom. The third kappa shape index (κ3) is 2.95. The summed E-state index contributed by atoms with van der Waals surface area (Å²) >= 11 is 1.91. The highest BCUT2D eigenvalue weighted by Gasteiger charge is 2.32. The van der Waals surface area contributed by atoms with Crippen molar-refractivity contribution in [3.63, 3.8) is 0 Å². The number of hydrogen-bond donors (Lipinski definition) is 1. The van der Waals surface area contributed by atoms with Crippen molar-refractivity contribution in [1.82, 2.24) is 4.90 Å². The van der Waals surface area contributed by atoms with E-state index in [1.807, 2.05) is 11.3 Å². The molecule has 2 heterocycles. The number of likely N-dealkylation sites (tertiary alicyclic amines) is 1. The van der Waals surface area contributed by atoms with Crippen LogP contribution in [0.5, 0.6) is 0 Å². The summed E-state index contributed by atoms with van der Waals surface area (Å²) in [6.07, 6.45) is 0. The number of hydrogen-bond acceptors (Lipinski definition) is 3. The minimum Gasteiger partial charge on any atom is -0.330 e. The molecule has 106 valence electrons. The van der Waals surface area contributed by atoms with E-state index in [4.69, 9.17) is 5.73 Å². The molecular formula is C17H22N2S. The molecule has 2 aromatic rings. The van der Waals surface area contributed by atoms with Gasteiger partial charge in [0.05, 0.1) is 0 Å². The molecular weight excluding hydrogens is 264 g/mol. The predicted octanol–water partition coefficient (Wildman–Crippen LogP) is 3.23. The monoisotopic (exact) mass is 286 g/mol. The Kier molecular flexibility index (Phi) is 4.20. The van der Waals surface area contributed by atoms with Gasteiger partial charge in [0, 0.05) is 35.3 Å². The van der Waals surface area contributed by atoms with Crippen molar-refractivity contribution in [3.05, 3.63) is 57.8 Å². The first-order chi connectivity index (χ1) is 9.76. The minimum absolute atomic E-state index is 0.582. The molecule has 0 saturated carbocycles. The van der Waals surface area contributed by atoms with E-state index in [2.05, 4.69) is 54.3 Å². The van der Waals surface area contributed by atoms with Gasteiger partial charge >= 0.3 is 0 Å². The van der Waals surface area contributed by atoms with Crippen LogP contribution in [-0.2, 0) is 6.54 Å². The fourth-order valence-electron chi connectivity index (χ4n) is 3.20. The van der Waals surface area contributed by atoms with Gasteiger partial charge in [0.2, 0.25) is 0 Å². The van der Waals surface area contributed by atoms with E-state index in [9.17, 15) is 0 Å². The molecule has 0 bridgehead atoms. The zero-order chi connectivity index (χ0) is 13.9. The lowest BCUT2D eigenvalue weighted by atomic mass is 9.89. The van der Waals surface area contributed by atoms with Crippen LogP contribution >= 0.6 is 11.3 Å². The molecule has 3 rings (SSSR count). The summed E-state index contributed by atoms with van der Waals surface area (Å²) in [6, 6.07) is 15.3. The lowest BCUT2D eigenvalue weighted by Crippen LogP contribution is -2.22. The van der Waals surface area contributed by atoms with E-state index in [-0.39, 0.29) is 0 Å². The fraction of sp³-hybridized carbons (Fsp3) is 0.412. The highest BCUT2D eigenvalue weighted by molar-refractivity contribution is 7.11. The molecule has 0 unspecified atom stereocenters. The van der Waals surface area contributed by atoms with Crippen LogP contribution in [0, 0.1) is 12.8 Å². The predicted molar refractivity (Wildman–Crippen MR) is 86.1 cm³/mol. The molecule has 2 atom stereocenters. The second-order valence-electron chi connectivity index (χ2n) is 5.72. The summed E-state index contributed by atoms with van der Waals surface area (Å²) in [7, 11) is 0. The van der Waals surface area contributed by atoms with E-state index in [1.165, 1.54) is 15.3 Å². The Labute approximate surface area is 125 Å². The number of thiophene rings is 1. The lowest BCUT2D eigenvalue weighted by molar-refractivity contribution is 0.319. The van der Waals surface area contributed by atoms with Crippen molar-refractivity contribution < 1.29 is 0 Å². The van der Waals surface area contributed by atoms with Crippen LogP contribution in [0.15, 0.2) is 42.5 Å². The van der Waals surface area contributed by atoms with Gasteiger partial charge in [-0.3, -0.25) is 4.90 Å². The summed E-state index contributed by atoms with van der Waals surface area (Å²) < 4.78 is 0. The molecule has 2 nitrogen and oxygen atoms in total. The molecule has 20 heavy (non-hydrogen) atoms. The largest absolute Gasteiger partial charge is 0.330 e. The standard InChI is InChI=1S/C17H22N2S/c1-13-7-8-16(20-13)11-19-10-15(9-18)17(12-19)14-5-3-2-4-6-14/h2-8,15,17H,9-12,18H2,1H3/t15-,17+/m1/s1. The summed E-state index contributed by atoms with van der Waals surface area (Å²) in [5.41, 5.74) is 7.43. The van der Waals surface area contributed by atoms with Gasteiger partial charge in [0.25, 0.3) is 0 Å². The first-order valence-electron chi connectivity index (χ1n) is 7.29. The Morgan fingerprint density at radius 3 is 2.60 bits per heavy atom. The van der Waals surface area contributed by atoms with Gasteiger partial charge in [-0.05, 0) is 37.1 Å². The first kappa shape index (κ1) is 13.8. The van der Waals surface area contributed by atoms with Crippen molar-refractivity contribution in [2.24, 2.45) is 11.7 Å². The number of aryl methyl sites for hydroxylation is 1. The second-order valence-corrected chi connectivity index (χ2v) is 7.09. The van der Waals surface area contributed by atoms with Gasteiger partial charge in [-0.15, -0.1) is 11.3 Å². The van der Waals surface area contributed by atoms with E-state index in [0.717, 1.165) is 26.2 Å². The molecule has 3 heteroatoms. The topological polar surface area (TPSA) is 29.3 Å². The van der Waals surface area contributed by atoms with Crippen LogP contribution in [0.1, 0.15) is 21.2 Å². The molecule has 1 aromatic heterocycles. The molecule has 1 saturated heterocycles. The normalized spacial score (nSPS) is 23.3. The SMILES string of the molecule is Cc1ccc(CN2C[C@@H](CN)[C@H](c3ccccc3)C2)s1. The highest BCUT2D eigenvalue weighted by Crippen LogP contribution is 2.33. The maximum Gasteiger partial charge on any atom is 0.0328 e. The fourth-order valence-corrected chi connectivity index (χ4v) is 4.13. The van der Waals surface area contributed by atoms with Gasteiger partial charge in [-0.25, -0.2) is 0 Å². The quantitative estimate of drug-likeness (QED) is 0.935. The van der Waals surface area contributed by atoms with Gasteiger partial charge in [-0.2, -0.15) is 0 Å². The maximum atomic E-state index is 6.00. The molecule has 0 spiro atoms. The average Bonchev–Trinajstić information content (AvgIpc) is 3.06. The zero-order valence-corrected chi connectivity index (χ0v) is 12.8. The summed E-state index contributed by atoms with van der Waals surface area (Å²) in [5.74, 6) is 1.17. The summed E-state index contributed by atoms with van der Waals surface area (Å²) in [5, 5.41) is 0. The van der Waals surface area contributed by atoms with Gasteiger partial charge in [0.15, 0.2) is 0 Å². The van der Waals surface area contributed by atoms with Crippen molar-refractivity contribution in [2.75, 3.05) is 19.6 Å². The molecule has 0 aliphatic carbocycles. The van der Waals surface area contributed by atoms with Crippen molar-refractivity contribution in [2.45, 2.75) is 19.4 Å². The zero-order valence-electron chi connectivity index (χ0n) is 12.0. The van der Waals surface area contributed by atoms with Crippen LogP contribution < -0.4 is 5.73 Å². The molecule has 2 N–H and O–H groups in total. The average molecular weight is 286 g/mol. The smallest absolute Gasteiger partial charge is 0.0328 e. The van der Waals surface area contributed by atoms with Crippen LogP contribution in [-0.4, -0.2) is 24.5 Å². The molecule has 0 amide bonds. The highest BCUT2D eigenvalue weighted by atomic mass is 32.1. The summed E-state index contributed by atoms with van der Waals surface area (Å²) in [4.78, 5) is 5.42.